The molecule has 4 nitrogen and oxygen atoms in total. The van der Waals surface area contributed by atoms with Gasteiger partial charge in [-0.3, -0.25) is 4.55 Å². The van der Waals surface area contributed by atoms with Gasteiger partial charge in [-0.2, -0.15) is 8.42 Å². The highest BCUT2D eigenvalue weighted by atomic mass is 35.5. The quantitative estimate of drug-likeness (QED) is 0.815. The molecule has 0 aliphatic carbocycles. The molecule has 14 heavy (non-hydrogen) atoms. The van der Waals surface area contributed by atoms with Crippen molar-refractivity contribution < 1.29 is 17.7 Å². The predicted molar refractivity (Wildman–Crippen MR) is 54.7 cm³/mol. The SMILES string of the molecule is CCOc1ccc(S(=O)(=O)O)cc1.Cl. The summed E-state index contributed by atoms with van der Waals surface area (Å²) >= 11 is 0. The molecule has 6 heteroatoms. The van der Waals surface area contributed by atoms with E-state index in [9.17, 15) is 8.42 Å². The van der Waals surface area contributed by atoms with Gasteiger partial charge in [0.1, 0.15) is 5.75 Å². The minimum absolute atomic E-state index is 0. The molecule has 0 saturated carbocycles. The zero-order chi connectivity index (χ0) is 9.90. The first kappa shape index (κ1) is 13.2. The fourth-order valence-electron chi connectivity index (χ4n) is 0.875. The van der Waals surface area contributed by atoms with Crippen LogP contribution in [0.25, 0.3) is 0 Å². The van der Waals surface area contributed by atoms with Crippen LogP contribution in [0.5, 0.6) is 5.75 Å². The summed E-state index contributed by atoms with van der Waals surface area (Å²) in [7, 11) is -4.09. The van der Waals surface area contributed by atoms with Gasteiger partial charge in [0.15, 0.2) is 0 Å². The number of hydrogen-bond donors (Lipinski definition) is 1. The first-order chi connectivity index (χ1) is 6.04. The van der Waals surface area contributed by atoms with Crippen LogP contribution < -0.4 is 4.74 Å². The van der Waals surface area contributed by atoms with E-state index in [4.69, 9.17) is 9.29 Å². The Morgan fingerprint density at radius 2 is 1.79 bits per heavy atom. The van der Waals surface area contributed by atoms with Crippen molar-refractivity contribution in [2.75, 3.05) is 6.61 Å². The van der Waals surface area contributed by atoms with Gasteiger partial charge in [0.25, 0.3) is 10.1 Å². The van der Waals surface area contributed by atoms with Crippen LogP contribution in [0.1, 0.15) is 6.92 Å². The van der Waals surface area contributed by atoms with Crippen LogP contribution in [0.4, 0.5) is 0 Å². The van der Waals surface area contributed by atoms with Gasteiger partial charge >= 0.3 is 0 Å². The van der Waals surface area contributed by atoms with E-state index in [0.717, 1.165) is 0 Å². The van der Waals surface area contributed by atoms with Crippen molar-refractivity contribution in [1.82, 2.24) is 0 Å². The summed E-state index contributed by atoms with van der Waals surface area (Å²) in [5.41, 5.74) is 0. The Bertz CT molecular complexity index is 371. The van der Waals surface area contributed by atoms with Crippen molar-refractivity contribution in [3.05, 3.63) is 24.3 Å². The Morgan fingerprint density at radius 1 is 1.29 bits per heavy atom. The second kappa shape index (κ2) is 5.19. The smallest absolute Gasteiger partial charge is 0.294 e. The zero-order valence-electron chi connectivity index (χ0n) is 7.50. The van der Waals surface area contributed by atoms with Gasteiger partial charge in [0.2, 0.25) is 0 Å². The summed E-state index contributed by atoms with van der Waals surface area (Å²) in [5.74, 6) is 0.579. The minimum Gasteiger partial charge on any atom is -0.494 e. The average Bonchev–Trinajstić information content (AvgIpc) is 2.04. The molecule has 0 heterocycles. The fraction of sp³-hybridized carbons (Fsp3) is 0.250. The normalized spacial score (nSPS) is 10.4. The van der Waals surface area contributed by atoms with Crippen molar-refractivity contribution in [3.63, 3.8) is 0 Å². The van der Waals surface area contributed by atoms with Gasteiger partial charge in [-0.1, -0.05) is 0 Å². The Morgan fingerprint density at radius 3 is 2.14 bits per heavy atom. The molecule has 0 radical (unpaired) electrons. The van der Waals surface area contributed by atoms with Crippen molar-refractivity contribution in [3.8, 4) is 5.75 Å². The maximum atomic E-state index is 10.6. The largest absolute Gasteiger partial charge is 0.494 e. The highest BCUT2D eigenvalue weighted by molar-refractivity contribution is 7.85. The van der Waals surface area contributed by atoms with Crippen LogP contribution in [0.3, 0.4) is 0 Å². The molecule has 1 rings (SSSR count). The molecule has 0 atom stereocenters. The van der Waals surface area contributed by atoms with E-state index in [0.29, 0.717) is 12.4 Å². The van der Waals surface area contributed by atoms with Crippen molar-refractivity contribution in [2.45, 2.75) is 11.8 Å². The minimum atomic E-state index is -4.09. The summed E-state index contributed by atoms with van der Waals surface area (Å²) in [6.45, 7) is 2.35. The lowest BCUT2D eigenvalue weighted by atomic mass is 10.3. The summed E-state index contributed by atoms with van der Waals surface area (Å²) in [6, 6.07) is 5.57. The van der Waals surface area contributed by atoms with E-state index in [1.54, 1.807) is 0 Å². The van der Waals surface area contributed by atoms with Crippen LogP contribution in [-0.4, -0.2) is 19.6 Å². The molecule has 0 amide bonds. The molecule has 0 spiro atoms. The maximum absolute atomic E-state index is 10.6. The third-order valence-electron chi connectivity index (χ3n) is 1.43. The van der Waals surface area contributed by atoms with Crippen LogP contribution in [0, 0.1) is 0 Å². The molecule has 1 aromatic carbocycles. The van der Waals surface area contributed by atoms with E-state index >= 15 is 0 Å². The summed E-state index contributed by atoms with van der Waals surface area (Å²) in [5, 5.41) is 0. The van der Waals surface area contributed by atoms with Crippen molar-refractivity contribution in [2.24, 2.45) is 0 Å². The van der Waals surface area contributed by atoms with Gasteiger partial charge in [-0.15, -0.1) is 12.4 Å². The van der Waals surface area contributed by atoms with Gasteiger partial charge in [-0.05, 0) is 31.2 Å². The molecular weight excluding hydrogens is 228 g/mol. The number of benzene rings is 1. The number of halogens is 1. The third-order valence-corrected chi connectivity index (χ3v) is 2.30. The van der Waals surface area contributed by atoms with Crippen LogP contribution >= 0.6 is 12.4 Å². The molecule has 0 unspecified atom stereocenters. The lowest BCUT2D eigenvalue weighted by Gasteiger charge is -2.02. The Kier molecular flexibility index (Phi) is 4.90. The van der Waals surface area contributed by atoms with Crippen molar-refractivity contribution in [1.29, 1.82) is 0 Å². The first-order valence-corrected chi connectivity index (χ1v) is 5.18. The molecule has 1 aromatic rings. The Labute approximate surface area is 89.1 Å². The highest BCUT2D eigenvalue weighted by Crippen LogP contribution is 2.15. The number of ether oxygens (including phenoxy) is 1. The molecule has 0 bridgehead atoms. The monoisotopic (exact) mass is 238 g/mol. The molecular formula is C8H11ClO4S. The van der Waals surface area contributed by atoms with Gasteiger partial charge in [-0.25, -0.2) is 0 Å². The third kappa shape index (κ3) is 3.53. The van der Waals surface area contributed by atoms with Crippen LogP contribution in [0.2, 0.25) is 0 Å². The summed E-state index contributed by atoms with van der Waals surface area (Å²) in [6.07, 6.45) is 0. The Hall–Kier alpha value is -0.780. The van der Waals surface area contributed by atoms with Gasteiger partial charge < -0.3 is 4.74 Å². The number of rotatable bonds is 3. The second-order valence-corrected chi connectivity index (χ2v) is 3.80. The standard InChI is InChI=1S/C8H10O4S.ClH/c1-2-12-7-3-5-8(6-4-7)13(9,10)11;/h3-6H,2H2,1H3,(H,9,10,11);1H. The molecule has 0 aromatic heterocycles. The van der Waals surface area contributed by atoms with E-state index < -0.39 is 10.1 Å². The molecule has 1 N–H and O–H groups in total. The van der Waals surface area contributed by atoms with E-state index in [2.05, 4.69) is 0 Å². The van der Waals surface area contributed by atoms with Gasteiger partial charge in [0.05, 0.1) is 11.5 Å². The summed E-state index contributed by atoms with van der Waals surface area (Å²) < 4.78 is 35.0. The van der Waals surface area contributed by atoms with Crippen LogP contribution in [0.15, 0.2) is 29.2 Å². The highest BCUT2D eigenvalue weighted by Gasteiger charge is 2.08. The molecule has 0 saturated heterocycles. The number of hydrogen-bond acceptors (Lipinski definition) is 3. The average molecular weight is 239 g/mol. The van der Waals surface area contributed by atoms with Gasteiger partial charge in [0, 0.05) is 0 Å². The Balaban J connectivity index is 0.00000169. The summed E-state index contributed by atoms with van der Waals surface area (Å²) in [4.78, 5) is -0.129. The van der Waals surface area contributed by atoms with E-state index in [-0.39, 0.29) is 17.3 Å². The maximum Gasteiger partial charge on any atom is 0.294 e. The molecule has 0 fully saturated rings. The second-order valence-electron chi connectivity index (χ2n) is 2.38. The molecule has 0 aliphatic rings. The van der Waals surface area contributed by atoms with Crippen molar-refractivity contribution >= 4 is 22.5 Å². The zero-order valence-corrected chi connectivity index (χ0v) is 9.14. The lowest BCUT2D eigenvalue weighted by molar-refractivity contribution is 0.340. The van der Waals surface area contributed by atoms with E-state index in [1.165, 1.54) is 24.3 Å². The fourth-order valence-corrected chi connectivity index (χ4v) is 1.35. The lowest BCUT2D eigenvalue weighted by Crippen LogP contribution is -1.98. The predicted octanol–water partition coefficient (Wildman–Crippen LogP) is 1.75. The molecule has 0 aliphatic heterocycles. The molecule has 80 valence electrons. The van der Waals surface area contributed by atoms with Crippen LogP contribution in [-0.2, 0) is 10.1 Å². The van der Waals surface area contributed by atoms with E-state index in [1.807, 2.05) is 6.92 Å². The topological polar surface area (TPSA) is 63.6 Å². The first-order valence-electron chi connectivity index (χ1n) is 3.74.